The monoisotopic (exact) mass is 302 g/mol. The van der Waals surface area contributed by atoms with Gasteiger partial charge in [-0.25, -0.2) is 4.39 Å². The van der Waals surface area contributed by atoms with E-state index in [1.807, 2.05) is 13.8 Å². The summed E-state index contributed by atoms with van der Waals surface area (Å²) in [6, 6.07) is 5.03. The van der Waals surface area contributed by atoms with Gasteiger partial charge in [0.15, 0.2) is 0 Å². The second-order valence-corrected chi connectivity index (χ2v) is 4.93. The third-order valence-corrected chi connectivity index (χ3v) is 2.69. The minimum atomic E-state index is -0.295. The Labute approximate surface area is 109 Å². The molecule has 0 fully saturated rings. The van der Waals surface area contributed by atoms with E-state index >= 15 is 0 Å². The van der Waals surface area contributed by atoms with E-state index < -0.39 is 0 Å². The quantitative estimate of drug-likeness (QED) is 0.875. The molecule has 0 aliphatic rings. The molecule has 0 aliphatic carbocycles. The fourth-order valence-corrected chi connectivity index (χ4v) is 1.59. The molecule has 0 atom stereocenters. The average Bonchev–Trinajstić information content (AvgIpc) is 2.22. The van der Waals surface area contributed by atoms with Gasteiger partial charge in [0, 0.05) is 12.6 Å². The van der Waals surface area contributed by atoms with Crippen LogP contribution in [0.3, 0.4) is 0 Å². The van der Waals surface area contributed by atoms with Crippen molar-refractivity contribution in [3.8, 4) is 0 Å². The fourth-order valence-electron chi connectivity index (χ4n) is 1.34. The van der Waals surface area contributed by atoms with Crippen molar-refractivity contribution in [2.75, 3.05) is 6.54 Å². The van der Waals surface area contributed by atoms with Gasteiger partial charge in [0.25, 0.3) is 0 Å². The molecule has 0 aromatic heterocycles. The summed E-state index contributed by atoms with van der Waals surface area (Å²) in [7, 11) is 0. The van der Waals surface area contributed by atoms with Crippen molar-refractivity contribution < 1.29 is 9.18 Å². The lowest BCUT2D eigenvalue weighted by Crippen LogP contribution is -2.37. The number of hydrogen-bond acceptors (Lipinski definition) is 2. The third kappa shape index (κ3) is 5.28. The normalized spacial score (nSPS) is 10.6. The van der Waals surface area contributed by atoms with Crippen LogP contribution in [-0.4, -0.2) is 18.5 Å². The molecule has 1 aromatic rings. The molecule has 0 unspecified atom stereocenters. The number of halogens is 2. The Balaban J connectivity index is 2.36. The van der Waals surface area contributed by atoms with E-state index in [4.69, 9.17) is 0 Å². The van der Waals surface area contributed by atoms with E-state index in [1.165, 1.54) is 6.07 Å². The van der Waals surface area contributed by atoms with Crippen LogP contribution >= 0.6 is 15.9 Å². The molecule has 1 amide bonds. The standard InChI is InChI=1S/C12H16BrFN2O/c1-8(2)16-12(17)7-15-6-9-3-4-10(13)11(14)5-9/h3-5,8,15H,6-7H2,1-2H3,(H,16,17). The smallest absolute Gasteiger partial charge is 0.234 e. The minimum absolute atomic E-state index is 0.0578. The Morgan fingerprint density at radius 3 is 2.76 bits per heavy atom. The maximum atomic E-state index is 13.2. The summed E-state index contributed by atoms with van der Waals surface area (Å²) in [6.45, 7) is 4.51. The maximum Gasteiger partial charge on any atom is 0.234 e. The minimum Gasteiger partial charge on any atom is -0.353 e. The first-order valence-corrected chi connectivity index (χ1v) is 6.22. The highest BCUT2D eigenvalue weighted by atomic mass is 79.9. The molecule has 0 aliphatic heterocycles. The van der Waals surface area contributed by atoms with Crippen LogP contribution in [0.15, 0.2) is 22.7 Å². The van der Waals surface area contributed by atoms with Crippen LogP contribution in [0.1, 0.15) is 19.4 Å². The Hall–Kier alpha value is -0.940. The maximum absolute atomic E-state index is 13.2. The summed E-state index contributed by atoms with van der Waals surface area (Å²) in [4.78, 5) is 11.3. The second kappa shape index (κ2) is 6.71. The van der Waals surface area contributed by atoms with Gasteiger partial charge in [-0.05, 0) is 47.5 Å². The number of carbonyl (C=O) groups excluding carboxylic acids is 1. The van der Waals surface area contributed by atoms with E-state index in [1.54, 1.807) is 12.1 Å². The van der Waals surface area contributed by atoms with Crippen LogP contribution in [0.2, 0.25) is 0 Å². The van der Waals surface area contributed by atoms with Gasteiger partial charge in [-0.1, -0.05) is 6.07 Å². The van der Waals surface area contributed by atoms with Crippen molar-refractivity contribution >= 4 is 21.8 Å². The van der Waals surface area contributed by atoms with E-state index in [2.05, 4.69) is 26.6 Å². The molecule has 0 saturated carbocycles. The number of carbonyl (C=O) groups is 1. The summed E-state index contributed by atoms with van der Waals surface area (Å²) in [5.74, 6) is -0.353. The van der Waals surface area contributed by atoms with Crippen molar-refractivity contribution in [2.24, 2.45) is 0 Å². The van der Waals surface area contributed by atoms with Crippen LogP contribution in [0.5, 0.6) is 0 Å². The molecule has 0 bridgehead atoms. The summed E-state index contributed by atoms with van der Waals surface area (Å²) in [5, 5.41) is 5.73. The Morgan fingerprint density at radius 1 is 1.47 bits per heavy atom. The Morgan fingerprint density at radius 2 is 2.18 bits per heavy atom. The first-order valence-electron chi connectivity index (χ1n) is 5.43. The van der Waals surface area contributed by atoms with Gasteiger partial charge in [-0.15, -0.1) is 0 Å². The molecule has 1 aromatic carbocycles. The Bertz CT molecular complexity index is 396. The van der Waals surface area contributed by atoms with Crippen molar-refractivity contribution in [1.82, 2.24) is 10.6 Å². The fraction of sp³-hybridized carbons (Fsp3) is 0.417. The molecule has 17 heavy (non-hydrogen) atoms. The van der Waals surface area contributed by atoms with Crippen LogP contribution in [0.4, 0.5) is 4.39 Å². The van der Waals surface area contributed by atoms with Gasteiger partial charge in [0.05, 0.1) is 11.0 Å². The molecular weight excluding hydrogens is 287 g/mol. The second-order valence-electron chi connectivity index (χ2n) is 4.07. The first-order chi connectivity index (χ1) is 7.99. The van der Waals surface area contributed by atoms with E-state index in [9.17, 15) is 9.18 Å². The van der Waals surface area contributed by atoms with Crippen LogP contribution in [0.25, 0.3) is 0 Å². The molecule has 2 N–H and O–H groups in total. The zero-order chi connectivity index (χ0) is 12.8. The van der Waals surface area contributed by atoms with Gasteiger partial charge in [-0.3, -0.25) is 4.79 Å². The molecule has 0 spiro atoms. The zero-order valence-electron chi connectivity index (χ0n) is 9.89. The number of nitrogens with one attached hydrogen (secondary N) is 2. The van der Waals surface area contributed by atoms with E-state index in [0.29, 0.717) is 11.0 Å². The van der Waals surface area contributed by atoms with Crippen LogP contribution in [-0.2, 0) is 11.3 Å². The highest BCUT2D eigenvalue weighted by molar-refractivity contribution is 9.10. The lowest BCUT2D eigenvalue weighted by atomic mass is 10.2. The molecule has 0 heterocycles. The predicted octanol–water partition coefficient (Wildman–Crippen LogP) is 2.20. The highest BCUT2D eigenvalue weighted by Gasteiger charge is 2.03. The van der Waals surface area contributed by atoms with Crippen LogP contribution < -0.4 is 10.6 Å². The molecule has 3 nitrogen and oxygen atoms in total. The van der Waals surface area contributed by atoms with Crippen molar-refractivity contribution in [3.63, 3.8) is 0 Å². The summed E-state index contributed by atoms with van der Waals surface area (Å²) >= 11 is 3.09. The molecule has 94 valence electrons. The summed E-state index contributed by atoms with van der Waals surface area (Å²) in [5.41, 5.74) is 0.808. The third-order valence-electron chi connectivity index (χ3n) is 2.05. The largest absolute Gasteiger partial charge is 0.353 e. The van der Waals surface area contributed by atoms with Gasteiger partial charge < -0.3 is 10.6 Å². The van der Waals surface area contributed by atoms with E-state index in [0.717, 1.165) is 5.56 Å². The lowest BCUT2D eigenvalue weighted by Gasteiger charge is -2.09. The lowest BCUT2D eigenvalue weighted by molar-refractivity contribution is -0.120. The molecule has 1 rings (SSSR count). The van der Waals surface area contributed by atoms with Gasteiger partial charge in [0.1, 0.15) is 5.82 Å². The van der Waals surface area contributed by atoms with Gasteiger partial charge in [-0.2, -0.15) is 0 Å². The van der Waals surface area contributed by atoms with Crippen molar-refractivity contribution in [2.45, 2.75) is 26.4 Å². The van der Waals surface area contributed by atoms with Gasteiger partial charge >= 0.3 is 0 Å². The molecule has 5 heteroatoms. The summed E-state index contributed by atoms with van der Waals surface area (Å²) < 4.78 is 13.6. The van der Waals surface area contributed by atoms with Crippen molar-refractivity contribution in [3.05, 3.63) is 34.1 Å². The average molecular weight is 303 g/mol. The van der Waals surface area contributed by atoms with Gasteiger partial charge in [0.2, 0.25) is 5.91 Å². The number of hydrogen-bond donors (Lipinski definition) is 2. The number of amides is 1. The van der Waals surface area contributed by atoms with Crippen LogP contribution in [0, 0.1) is 5.82 Å². The zero-order valence-corrected chi connectivity index (χ0v) is 11.5. The highest BCUT2D eigenvalue weighted by Crippen LogP contribution is 2.16. The number of benzene rings is 1. The SMILES string of the molecule is CC(C)NC(=O)CNCc1ccc(Br)c(F)c1. The molecule has 0 radical (unpaired) electrons. The topological polar surface area (TPSA) is 41.1 Å². The predicted molar refractivity (Wildman–Crippen MR) is 69.1 cm³/mol. The first kappa shape index (κ1) is 14.1. The Kier molecular flexibility index (Phi) is 5.58. The number of rotatable bonds is 5. The molecule has 0 saturated heterocycles. The molecular formula is C12H16BrFN2O. The van der Waals surface area contributed by atoms with Crippen molar-refractivity contribution in [1.29, 1.82) is 0 Å². The van der Waals surface area contributed by atoms with E-state index in [-0.39, 0.29) is 24.3 Å². The summed E-state index contributed by atoms with van der Waals surface area (Å²) in [6.07, 6.45) is 0.